The van der Waals surface area contributed by atoms with E-state index >= 15 is 0 Å². The average molecular weight is 293 g/mol. The molecule has 1 unspecified atom stereocenters. The molecule has 1 aromatic heterocycles. The number of ether oxygens (including phenoxy) is 1. The van der Waals surface area contributed by atoms with E-state index in [9.17, 15) is 5.11 Å². The number of hydrogen-bond acceptors (Lipinski definition) is 6. The predicted octanol–water partition coefficient (Wildman–Crippen LogP) is 1.09. The fourth-order valence-corrected chi connectivity index (χ4v) is 3.18. The molecule has 1 aromatic rings. The Labute approximate surface area is 124 Å². The molecule has 3 heterocycles. The largest absolute Gasteiger partial charge is 0.388 e. The van der Waals surface area contributed by atoms with Crippen LogP contribution in [-0.2, 0) is 11.2 Å². The maximum Gasteiger partial charge on any atom is 0.229 e. The smallest absolute Gasteiger partial charge is 0.229 e. The number of piperidine rings is 1. The summed E-state index contributed by atoms with van der Waals surface area (Å²) in [4.78, 5) is 6.50. The Morgan fingerprint density at radius 1 is 1.48 bits per heavy atom. The third-order valence-corrected chi connectivity index (χ3v) is 4.09. The van der Waals surface area contributed by atoms with Gasteiger partial charge >= 0.3 is 0 Å². The van der Waals surface area contributed by atoms with Gasteiger partial charge in [-0.05, 0) is 38.3 Å². The molecular formula is C15H23N3O3. The molecule has 0 aliphatic carbocycles. The molecular weight excluding hydrogens is 270 g/mol. The molecule has 0 spiro atoms. The van der Waals surface area contributed by atoms with Gasteiger partial charge in [-0.15, -0.1) is 0 Å². The summed E-state index contributed by atoms with van der Waals surface area (Å²) in [7, 11) is 0. The van der Waals surface area contributed by atoms with Crippen LogP contribution in [0.5, 0.6) is 0 Å². The van der Waals surface area contributed by atoms with Gasteiger partial charge in [-0.25, -0.2) is 0 Å². The molecule has 6 heteroatoms. The second-order valence-electron chi connectivity index (χ2n) is 6.15. The van der Waals surface area contributed by atoms with Crippen molar-refractivity contribution in [3.05, 3.63) is 23.4 Å². The standard InChI is InChI=1S/C15H23N3O3/c1-12-16-14(21-17-12)8-15(19)5-3-6-18(11-15)9-13-4-2-7-20-10-13/h4,19H,2-3,5-11H2,1H3. The van der Waals surface area contributed by atoms with E-state index in [0.29, 0.717) is 24.7 Å². The highest BCUT2D eigenvalue weighted by molar-refractivity contribution is 5.08. The Bertz CT molecular complexity index is 514. The molecule has 0 saturated carbocycles. The van der Waals surface area contributed by atoms with Gasteiger partial charge in [0.15, 0.2) is 5.82 Å². The van der Waals surface area contributed by atoms with E-state index in [1.165, 1.54) is 5.57 Å². The van der Waals surface area contributed by atoms with E-state index < -0.39 is 5.60 Å². The highest BCUT2D eigenvalue weighted by Gasteiger charge is 2.35. The lowest BCUT2D eigenvalue weighted by Gasteiger charge is -2.39. The number of nitrogens with zero attached hydrogens (tertiary/aromatic N) is 3. The maximum atomic E-state index is 10.8. The van der Waals surface area contributed by atoms with Gasteiger partial charge < -0.3 is 14.4 Å². The highest BCUT2D eigenvalue weighted by atomic mass is 16.5. The van der Waals surface area contributed by atoms with Crippen LogP contribution in [0.15, 0.2) is 16.2 Å². The first kappa shape index (κ1) is 14.7. The van der Waals surface area contributed by atoms with Crippen LogP contribution in [-0.4, -0.2) is 58.6 Å². The van der Waals surface area contributed by atoms with Crippen LogP contribution in [0, 0.1) is 6.92 Å². The van der Waals surface area contributed by atoms with Gasteiger partial charge in [0.1, 0.15) is 0 Å². The van der Waals surface area contributed by atoms with Gasteiger partial charge in [0, 0.05) is 13.1 Å². The maximum absolute atomic E-state index is 10.8. The number of β-amino-alcohol motifs (C(OH)–C–C–N with tert-alkyl or cyclic N) is 1. The molecule has 0 amide bonds. The molecule has 116 valence electrons. The third kappa shape index (κ3) is 3.90. The minimum atomic E-state index is -0.771. The lowest BCUT2D eigenvalue weighted by molar-refractivity contribution is -0.0333. The van der Waals surface area contributed by atoms with Crippen molar-refractivity contribution < 1.29 is 14.4 Å². The summed E-state index contributed by atoms with van der Waals surface area (Å²) in [6.45, 7) is 5.88. The van der Waals surface area contributed by atoms with Gasteiger partial charge in [0.2, 0.25) is 5.89 Å². The topological polar surface area (TPSA) is 71.6 Å². The summed E-state index contributed by atoms with van der Waals surface area (Å²) < 4.78 is 10.6. The second-order valence-corrected chi connectivity index (χ2v) is 6.15. The first-order valence-electron chi connectivity index (χ1n) is 7.63. The van der Waals surface area contributed by atoms with Crippen molar-refractivity contribution in [3.8, 4) is 0 Å². The molecule has 2 aliphatic heterocycles. The van der Waals surface area contributed by atoms with Crippen molar-refractivity contribution in [1.29, 1.82) is 0 Å². The van der Waals surface area contributed by atoms with Crippen molar-refractivity contribution in [2.24, 2.45) is 0 Å². The first-order valence-corrected chi connectivity index (χ1v) is 7.63. The van der Waals surface area contributed by atoms with Gasteiger partial charge in [0.25, 0.3) is 0 Å². The molecule has 0 aromatic carbocycles. The minimum absolute atomic E-state index is 0.430. The Kier molecular flexibility index (Phi) is 4.37. The van der Waals surface area contributed by atoms with Crippen molar-refractivity contribution in [1.82, 2.24) is 15.0 Å². The fourth-order valence-electron chi connectivity index (χ4n) is 3.18. The number of rotatable bonds is 4. The summed E-state index contributed by atoms with van der Waals surface area (Å²) in [6.07, 6.45) is 5.45. The normalized spacial score (nSPS) is 27.6. The number of aromatic nitrogens is 2. The van der Waals surface area contributed by atoms with Gasteiger partial charge in [-0.3, -0.25) is 4.90 Å². The van der Waals surface area contributed by atoms with Crippen molar-refractivity contribution >= 4 is 0 Å². The Hall–Kier alpha value is -1.24. The van der Waals surface area contributed by atoms with E-state index in [0.717, 1.165) is 45.6 Å². The Morgan fingerprint density at radius 3 is 3.10 bits per heavy atom. The average Bonchev–Trinajstić information content (AvgIpc) is 2.84. The summed E-state index contributed by atoms with van der Waals surface area (Å²) in [5.74, 6) is 1.14. The monoisotopic (exact) mass is 293 g/mol. The molecule has 1 saturated heterocycles. The van der Waals surface area contributed by atoms with Crippen LogP contribution < -0.4 is 0 Å². The molecule has 1 N–H and O–H groups in total. The zero-order chi connectivity index (χ0) is 14.7. The summed E-state index contributed by atoms with van der Waals surface area (Å²) in [5, 5.41) is 14.6. The van der Waals surface area contributed by atoms with E-state index in [1.807, 2.05) is 0 Å². The van der Waals surface area contributed by atoms with E-state index in [-0.39, 0.29) is 0 Å². The van der Waals surface area contributed by atoms with E-state index in [1.54, 1.807) is 6.92 Å². The van der Waals surface area contributed by atoms with Crippen LogP contribution in [0.25, 0.3) is 0 Å². The number of hydrogen-bond donors (Lipinski definition) is 1. The number of likely N-dealkylation sites (tertiary alicyclic amines) is 1. The third-order valence-electron chi connectivity index (χ3n) is 4.09. The molecule has 0 bridgehead atoms. The summed E-state index contributed by atoms with van der Waals surface area (Å²) in [6, 6.07) is 0. The number of aliphatic hydroxyl groups is 1. The first-order chi connectivity index (χ1) is 10.1. The van der Waals surface area contributed by atoms with Crippen LogP contribution in [0.3, 0.4) is 0 Å². The number of aryl methyl sites for hydroxylation is 1. The molecule has 1 atom stereocenters. The highest BCUT2D eigenvalue weighted by Crippen LogP contribution is 2.25. The van der Waals surface area contributed by atoms with E-state index in [2.05, 4.69) is 21.1 Å². The Morgan fingerprint density at radius 2 is 2.38 bits per heavy atom. The lowest BCUT2D eigenvalue weighted by atomic mass is 9.89. The van der Waals surface area contributed by atoms with Crippen LogP contribution >= 0.6 is 0 Å². The quantitative estimate of drug-likeness (QED) is 0.838. The fraction of sp³-hybridized carbons (Fsp3) is 0.733. The SMILES string of the molecule is Cc1noc(CC2(O)CCCN(CC3=CCCOC3)C2)n1. The minimum Gasteiger partial charge on any atom is -0.388 e. The van der Waals surface area contributed by atoms with Crippen LogP contribution in [0.2, 0.25) is 0 Å². The van der Waals surface area contributed by atoms with Crippen LogP contribution in [0.1, 0.15) is 31.0 Å². The van der Waals surface area contributed by atoms with Crippen molar-refractivity contribution in [2.45, 2.75) is 38.2 Å². The van der Waals surface area contributed by atoms with Gasteiger partial charge in [-0.2, -0.15) is 4.98 Å². The molecule has 21 heavy (non-hydrogen) atoms. The predicted molar refractivity (Wildman–Crippen MR) is 76.9 cm³/mol. The summed E-state index contributed by atoms with van der Waals surface area (Å²) >= 11 is 0. The summed E-state index contributed by atoms with van der Waals surface area (Å²) in [5.41, 5.74) is 0.548. The zero-order valence-corrected chi connectivity index (χ0v) is 12.5. The van der Waals surface area contributed by atoms with Crippen molar-refractivity contribution in [2.75, 3.05) is 32.8 Å². The molecule has 2 aliphatic rings. The Balaban J connectivity index is 1.60. The molecule has 6 nitrogen and oxygen atoms in total. The lowest BCUT2D eigenvalue weighted by Crippen LogP contribution is -2.50. The second kappa shape index (κ2) is 6.25. The van der Waals surface area contributed by atoms with Crippen molar-refractivity contribution in [3.63, 3.8) is 0 Å². The molecule has 1 fully saturated rings. The van der Waals surface area contributed by atoms with Crippen LogP contribution in [0.4, 0.5) is 0 Å². The van der Waals surface area contributed by atoms with Gasteiger partial charge in [-0.1, -0.05) is 11.2 Å². The molecule has 0 radical (unpaired) electrons. The van der Waals surface area contributed by atoms with E-state index in [4.69, 9.17) is 9.26 Å². The zero-order valence-electron chi connectivity index (χ0n) is 12.5. The van der Waals surface area contributed by atoms with Gasteiger partial charge in [0.05, 0.1) is 25.2 Å². The molecule has 3 rings (SSSR count).